The summed E-state index contributed by atoms with van der Waals surface area (Å²) in [6.45, 7) is 0.661. The summed E-state index contributed by atoms with van der Waals surface area (Å²) >= 11 is 1.64. The molecule has 112 valence electrons. The van der Waals surface area contributed by atoms with Gasteiger partial charge in [-0.3, -0.25) is 4.79 Å². The number of rotatable bonds is 8. The van der Waals surface area contributed by atoms with E-state index in [0.717, 1.165) is 12.0 Å². The summed E-state index contributed by atoms with van der Waals surface area (Å²) in [7, 11) is 0. The number of benzene rings is 1. The second-order valence-electron chi connectivity index (χ2n) is 4.59. The Morgan fingerprint density at radius 1 is 1.29 bits per heavy atom. The van der Waals surface area contributed by atoms with Crippen LogP contribution in [0.25, 0.3) is 0 Å². The Balaban J connectivity index is 1.80. The minimum atomic E-state index is -0.0265. The van der Waals surface area contributed by atoms with Gasteiger partial charge >= 0.3 is 0 Å². The fraction of sp³-hybridized carbons (Fsp3) is 0.312. The largest absolute Gasteiger partial charge is 0.491 e. The Hall–Kier alpha value is -1.85. The number of aliphatic hydroxyl groups is 1. The minimum Gasteiger partial charge on any atom is -0.491 e. The van der Waals surface area contributed by atoms with Crippen molar-refractivity contribution in [1.82, 2.24) is 5.32 Å². The summed E-state index contributed by atoms with van der Waals surface area (Å²) in [6.07, 6.45) is 1.24. The zero-order valence-electron chi connectivity index (χ0n) is 11.7. The number of hydrogen-bond acceptors (Lipinski definition) is 4. The lowest BCUT2D eigenvalue weighted by atomic mass is 10.1. The Labute approximate surface area is 128 Å². The second kappa shape index (κ2) is 8.44. The van der Waals surface area contributed by atoms with Gasteiger partial charge in [0.15, 0.2) is 0 Å². The van der Waals surface area contributed by atoms with E-state index in [1.54, 1.807) is 11.3 Å². The van der Waals surface area contributed by atoms with Crippen molar-refractivity contribution in [2.45, 2.75) is 19.4 Å². The van der Waals surface area contributed by atoms with E-state index in [1.807, 2.05) is 35.7 Å². The van der Waals surface area contributed by atoms with Gasteiger partial charge in [-0.05, 0) is 34.9 Å². The third kappa shape index (κ3) is 5.21. The molecule has 0 atom stereocenters. The van der Waals surface area contributed by atoms with Crippen LogP contribution in [-0.2, 0) is 17.8 Å². The zero-order chi connectivity index (χ0) is 14.9. The van der Waals surface area contributed by atoms with Crippen molar-refractivity contribution in [3.05, 3.63) is 52.2 Å². The quantitative estimate of drug-likeness (QED) is 0.787. The maximum absolute atomic E-state index is 11.8. The molecule has 0 saturated carbocycles. The average molecular weight is 305 g/mol. The molecule has 2 aromatic rings. The molecule has 1 aromatic carbocycles. The zero-order valence-corrected chi connectivity index (χ0v) is 12.6. The Kier molecular flexibility index (Phi) is 6.24. The molecule has 5 heteroatoms. The molecule has 2 rings (SSSR count). The molecule has 0 bridgehead atoms. The first kappa shape index (κ1) is 15.5. The van der Waals surface area contributed by atoms with E-state index in [4.69, 9.17) is 9.84 Å². The van der Waals surface area contributed by atoms with Crippen molar-refractivity contribution in [3.8, 4) is 5.75 Å². The fourth-order valence-corrected chi connectivity index (χ4v) is 2.62. The standard InChI is InChI=1S/C16H19NO3S/c18-8-9-20-15-4-2-1-3-14(15)11-17-16(19)6-5-13-7-10-21-12-13/h1-4,7,10,12,18H,5-6,8-9,11H2,(H,17,19). The first-order valence-corrected chi connectivity index (χ1v) is 7.83. The normalized spacial score (nSPS) is 10.3. The monoisotopic (exact) mass is 305 g/mol. The van der Waals surface area contributed by atoms with Gasteiger partial charge in [0.1, 0.15) is 12.4 Å². The van der Waals surface area contributed by atoms with Crippen LogP contribution in [-0.4, -0.2) is 24.2 Å². The van der Waals surface area contributed by atoms with Gasteiger partial charge in [-0.2, -0.15) is 11.3 Å². The van der Waals surface area contributed by atoms with Crippen molar-refractivity contribution in [1.29, 1.82) is 0 Å². The van der Waals surface area contributed by atoms with E-state index in [9.17, 15) is 4.79 Å². The lowest BCUT2D eigenvalue weighted by molar-refractivity contribution is -0.121. The summed E-state index contributed by atoms with van der Waals surface area (Å²) in [4.78, 5) is 11.8. The van der Waals surface area contributed by atoms with E-state index >= 15 is 0 Å². The number of aryl methyl sites for hydroxylation is 1. The Morgan fingerprint density at radius 3 is 2.90 bits per heavy atom. The maximum atomic E-state index is 11.8. The molecule has 0 unspecified atom stereocenters. The van der Waals surface area contributed by atoms with Gasteiger partial charge in [-0.15, -0.1) is 0 Å². The maximum Gasteiger partial charge on any atom is 0.220 e. The van der Waals surface area contributed by atoms with Gasteiger partial charge in [0.2, 0.25) is 5.91 Å². The highest BCUT2D eigenvalue weighted by Crippen LogP contribution is 2.17. The summed E-state index contributed by atoms with van der Waals surface area (Å²) in [5.41, 5.74) is 2.11. The van der Waals surface area contributed by atoms with Gasteiger partial charge in [-0.25, -0.2) is 0 Å². The first-order valence-electron chi connectivity index (χ1n) is 6.89. The predicted molar refractivity (Wildman–Crippen MR) is 83.5 cm³/mol. The molecule has 0 aliphatic carbocycles. The molecule has 0 aliphatic rings. The number of amides is 1. The van der Waals surface area contributed by atoms with Gasteiger partial charge in [0.05, 0.1) is 6.61 Å². The Bertz CT molecular complexity index is 554. The fourth-order valence-electron chi connectivity index (χ4n) is 1.92. The molecular weight excluding hydrogens is 286 g/mol. The lowest BCUT2D eigenvalue weighted by Gasteiger charge is -2.11. The highest BCUT2D eigenvalue weighted by Gasteiger charge is 2.06. The molecular formula is C16H19NO3S. The van der Waals surface area contributed by atoms with Gasteiger partial charge in [0, 0.05) is 18.5 Å². The SMILES string of the molecule is O=C(CCc1ccsc1)NCc1ccccc1OCCO. The first-order chi connectivity index (χ1) is 10.3. The highest BCUT2D eigenvalue weighted by molar-refractivity contribution is 7.07. The number of carbonyl (C=O) groups excluding carboxylic acids is 1. The molecule has 21 heavy (non-hydrogen) atoms. The van der Waals surface area contributed by atoms with Crippen LogP contribution < -0.4 is 10.1 Å². The van der Waals surface area contributed by atoms with Crippen molar-refractivity contribution in [2.75, 3.05) is 13.2 Å². The van der Waals surface area contributed by atoms with Crippen molar-refractivity contribution in [2.24, 2.45) is 0 Å². The van der Waals surface area contributed by atoms with Crippen LogP contribution in [0.5, 0.6) is 5.75 Å². The Morgan fingerprint density at radius 2 is 2.14 bits per heavy atom. The number of hydrogen-bond donors (Lipinski definition) is 2. The molecule has 2 N–H and O–H groups in total. The van der Waals surface area contributed by atoms with Crippen LogP contribution in [0.4, 0.5) is 0 Å². The number of ether oxygens (including phenoxy) is 1. The van der Waals surface area contributed by atoms with Crippen molar-refractivity contribution < 1.29 is 14.6 Å². The smallest absolute Gasteiger partial charge is 0.220 e. The average Bonchev–Trinajstić information content (AvgIpc) is 3.03. The van der Waals surface area contributed by atoms with Gasteiger partial charge in [-0.1, -0.05) is 18.2 Å². The van der Waals surface area contributed by atoms with Crippen LogP contribution in [0.15, 0.2) is 41.1 Å². The van der Waals surface area contributed by atoms with E-state index < -0.39 is 0 Å². The minimum absolute atomic E-state index is 0.0261. The van der Waals surface area contributed by atoms with E-state index in [1.165, 1.54) is 5.56 Å². The lowest BCUT2D eigenvalue weighted by Crippen LogP contribution is -2.23. The third-order valence-electron chi connectivity index (χ3n) is 3.02. The molecule has 1 amide bonds. The number of carbonyl (C=O) groups is 1. The molecule has 0 radical (unpaired) electrons. The highest BCUT2D eigenvalue weighted by atomic mass is 32.1. The van der Waals surface area contributed by atoms with Crippen LogP contribution in [0.2, 0.25) is 0 Å². The van der Waals surface area contributed by atoms with Crippen molar-refractivity contribution >= 4 is 17.2 Å². The molecule has 1 aromatic heterocycles. The number of aliphatic hydroxyl groups excluding tert-OH is 1. The molecule has 0 saturated heterocycles. The molecule has 0 fully saturated rings. The summed E-state index contributed by atoms with van der Waals surface area (Å²) in [5.74, 6) is 0.725. The molecule has 0 spiro atoms. The van der Waals surface area contributed by atoms with Crippen LogP contribution in [0.1, 0.15) is 17.5 Å². The van der Waals surface area contributed by atoms with E-state index in [-0.39, 0.29) is 19.1 Å². The van der Waals surface area contributed by atoms with Crippen molar-refractivity contribution in [3.63, 3.8) is 0 Å². The number of thiophene rings is 1. The van der Waals surface area contributed by atoms with Gasteiger partial charge < -0.3 is 15.2 Å². The summed E-state index contributed by atoms with van der Waals surface area (Å²) in [6, 6.07) is 9.55. The molecule has 1 heterocycles. The predicted octanol–water partition coefficient (Wildman–Crippen LogP) is 2.37. The summed E-state index contributed by atoms with van der Waals surface area (Å²) in [5, 5.41) is 15.8. The van der Waals surface area contributed by atoms with Crippen LogP contribution in [0.3, 0.4) is 0 Å². The van der Waals surface area contributed by atoms with Crippen LogP contribution in [0, 0.1) is 0 Å². The third-order valence-corrected chi connectivity index (χ3v) is 3.75. The van der Waals surface area contributed by atoms with Crippen LogP contribution >= 0.6 is 11.3 Å². The van der Waals surface area contributed by atoms with Gasteiger partial charge in [0.25, 0.3) is 0 Å². The second-order valence-corrected chi connectivity index (χ2v) is 5.37. The molecule has 0 aliphatic heterocycles. The van der Waals surface area contributed by atoms with E-state index in [2.05, 4.69) is 10.7 Å². The number of para-hydroxylation sites is 1. The number of nitrogens with one attached hydrogen (secondary N) is 1. The molecule has 4 nitrogen and oxygen atoms in total. The van der Waals surface area contributed by atoms with E-state index in [0.29, 0.717) is 18.7 Å². The topological polar surface area (TPSA) is 58.6 Å². The summed E-state index contributed by atoms with van der Waals surface area (Å²) < 4.78 is 5.44.